The molecule has 0 fully saturated rings. The number of aromatic nitrogens is 1. The molecular weight excluding hydrogens is 357 g/mol. The number of benzene rings is 1. The molecule has 0 atom stereocenters. The lowest BCUT2D eigenvalue weighted by Crippen LogP contribution is -2.23. The monoisotopic (exact) mass is 374 g/mol. The lowest BCUT2D eigenvalue weighted by Gasteiger charge is -2.06. The first-order valence-electron chi connectivity index (χ1n) is 7.50. The molecule has 0 aliphatic heterocycles. The smallest absolute Gasteiger partial charge is 0.411 e. The Kier molecular flexibility index (Phi) is 6.77. The van der Waals surface area contributed by atoms with E-state index < -0.39 is 25.3 Å². The maximum Gasteiger partial charge on any atom is 0.411 e. The number of hydrogen-bond acceptors (Lipinski definition) is 5. The first-order chi connectivity index (χ1) is 11.9. The van der Waals surface area contributed by atoms with E-state index in [-0.39, 0.29) is 0 Å². The van der Waals surface area contributed by atoms with E-state index in [2.05, 4.69) is 15.0 Å². The zero-order valence-corrected chi connectivity index (χ0v) is 14.2. The van der Waals surface area contributed by atoms with Gasteiger partial charge in [-0.05, 0) is 30.7 Å². The lowest BCUT2D eigenvalue weighted by molar-refractivity contribution is -0.174. The van der Waals surface area contributed by atoms with Crippen LogP contribution in [0.25, 0.3) is 11.3 Å². The van der Waals surface area contributed by atoms with Crippen LogP contribution in [0.5, 0.6) is 5.75 Å². The molecule has 0 bridgehead atoms. The second-order valence-electron chi connectivity index (χ2n) is 5.07. The second-order valence-corrected chi connectivity index (χ2v) is 5.92. The van der Waals surface area contributed by atoms with Gasteiger partial charge in [-0.25, -0.2) is 4.98 Å². The van der Waals surface area contributed by atoms with E-state index in [1.165, 1.54) is 11.3 Å². The van der Waals surface area contributed by atoms with Crippen molar-refractivity contribution in [2.75, 3.05) is 25.1 Å². The van der Waals surface area contributed by atoms with Gasteiger partial charge in [0, 0.05) is 10.9 Å². The van der Waals surface area contributed by atoms with Gasteiger partial charge in [0.05, 0.1) is 12.3 Å². The zero-order valence-electron chi connectivity index (χ0n) is 13.4. The van der Waals surface area contributed by atoms with Crippen LogP contribution in [0.3, 0.4) is 0 Å². The molecule has 2 aromatic rings. The number of alkyl halides is 3. The molecule has 1 N–H and O–H groups in total. The highest BCUT2D eigenvalue weighted by Gasteiger charge is 2.27. The fourth-order valence-corrected chi connectivity index (χ4v) is 2.56. The van der Waals surface area contributed by atoms with Crippen molar-refractivity contribution in [1.29, 1.82) is 0 Å². The van der Waals surface area contributed by atoms with Crippen LogP contribution in [0.4, 0.5) is 18.3 Å². The second kappa shape index (κ2) is 8.82. The molecule has 25 heavy (non-hydrogen) atoms. The van der Waals surface area contributed by atoms with Gasteiger partial charge >= 0.3 is 6.18 Å². The summed E-state index contributed by atoms with van der Waals surface area (Å²) < 4.78 is 45.6. The van der Waals surface area contributed by atoms with Crippen LogP contribution in [-0.4, -0.2) is 36.9 Å². The number of carbonyl (C=O) groups is 1. The fraction of sp³-hybridized carbons (Fsp3) is 0.375. The summed E-state index contributed by atoms with van der Waals surface area (Å²) >= 11 is 1.18. The summed E-state index contributed by atoms with van der Waals surface area (Å²) in [4.78, 5) is 15.8. The Morgan fingerprint density at radius 1 is 1.28 bits per heavy atom. The number of amides is 1. The molecule has 0 radical (unpaired) electrons. The van der Waals surface area contributed by atoms with E-state index in [0.29, 0.717) is 17.4 Å². The number of hydrogen-bond donors (Lipinski definition) is 1. The van der Waals surface area contributed by atoms with Crippen molar-refractivity contribution in [2.24, 2.45) is 0 Å². The van der Waals surface area contributed by atoms with Gasteiger partial charge in [0.25, 0.3) is 5.91 Å². The van der Waals surface area contributed by atoms with Gasteiger partial charge in [-0.2, -0.15) is 13.2 Å². The van der Waals surface area contributed by atoms with E-state index in [0.717, 1.165) is 17.7 Å². The SMILES string of the molecule is CCCOc1ccc(-c2csc(NC(=O)COCC(F)(F)F)n2)cc1. The van der Waals surface area contributed by atoms with Gasteiger partial charge in [-0.15, -0.1) is 11.3 Å². The Hall–Kier alpha value is -2.13. The van der Waals surface area contributed by atoms with Crippen LogP contribution in [-0.2, 0) is 9.53 Å². The Morgan fingerprint density at radius 3 is 2.64 bits per heavy atom. The Balaban J connectivity index is 1.88. The number of rotatable bonds is 8. The number of nitrogens with zero attached hydrogens (tertiary/aromatic N) is 1. The number of nitrogens with one attached hydrogen (secondary N) is 1. The molecule has 1 heterocycles. The van der Waals surface area contributed by atoms with Gasteiger partial charge in [-0.1, -0.05) is 6.92 Å². The number of carbonyl (C=O) groups excluding carboxylic acids is 1. The molecule has 2 rings (SSSR count). The Morgan fingerprint density at radius 2 is 2.00 bits per heavy atom. The zero-order chi connectivity index (χ0) is 18.3. The topological polar surface area (TPSA) is 60.5 Å². The number of thiazole rings is 1. The Labute approximate surface area is 146 Å². The molecule has 5 nitrogen and oxygen atoms in total. The van der Waals surface area contributed by atoms with Crippen molar-refractivity contribution in [3.8, 4) is 17.0 Å². The van der Waals surface area contributed by atoms with E-state index in [1.807, 2.05) is 31.2 Å². The average molecular weight is 374 g/mol. The minimum absolute atomic E-state index is 0.293. The third-order valence-corrected chi connectivity index (χ3v) is 3.63. The van der Waals surface area contributed by atoms with Crippen LogP contribution in [0.2, 0.25) is 0 Å². The maximum absolute atomic E-state index is 11.9. The van der Waals surface area contributed by atoms with Crippen molar-refractivity contribution < 1.29 is 27.4 Å². The van der Waals surface area contributed by atoms with Crippen LogP contribution in [0.1, 0.15) is 13.3 Å². The van der Waals surface area contributed by atoms with E-state index in [1.54, 1.807) is 5.38 Å². The quantitative estimate of drug-likeness (QED) is 0.755. The first kappa shape index (κ1) is 19.2. The maximum atomic E-state index is 11.9. The molecular formula is C16H17F3N2O3S. The summed E-state index contributed by atoms with van der Waals surface area (Å²) in [5, 5.41) is 4.45. The van der Waals surface area contributed by atoms with E-state index in [9.17, 15) is 18.0 Å². The minimum Gasteiger partial charge on any atom is -0.494 e. The molecule has 1 aromatic heterocycles. The fourth-order valence-electron chi connectivity index (χ4n) is 1.82. The van der Waals surface area contributed by atoms with Gasteiger partial charge in [0.1, 0.15) is 19.0 Å². The molecule has 0 saturated carbocycles. The molecule has 0 unspecified atom stereocenters. The average Bonchev–Trinajstić information content (AvgIpc) is 3.00. The molecule has 1 aromatic carbocycles. The molecule has 9 heteroatoms. The van der Waals surface area contributed by atoms with Crippen LogP contribution in [0, 0.1) is 0 Å². The van der Waals surface area contributed by atoms with Gasteiger partial charge in [0.2, 0.25) is 0 Å². The molecule has 0 saturated heterocycles. The standard InChI is InChI=1S/C16H17F3N2O3S/c1-2-7-24-12-5-3-11(4-6-12)13-9-25-15(20-13)21-14(22)8-23-10-16(17,18)19/h3-6,9H,2,7-8,10H2,1H3,(H,20,21,22). The first-order valence-corrected chi connectivity index (χ1v) is 8.38. The molecule has 0 aliphatic carbocycles. The highest BCUT2D eigenvalue weighted by atomic mass is 32.1. The summed E-state index contributed by atoms with van der Waals surface area (Å²) in [6, 6.07) is 7.34. The largest absolute Gasteiger partial charge is 0.494 e. The number of ether oxygens (including phenoxy) is 2. The lowest BCUT2D eigenvalue weighted by atomic mass is 10.2. The van der Waals surface area contributed by atoms with Crippen LogP contribution < -0.4 is 10.1 Å². The molecule has 136 valence electrons. The summed E-state index contributed by atoms with van der Waals surface area (Å²) in [6.45, 7) is 0.518. The summed E-state index contributed by atoms with van der Waals surface area (Å²) in [5.41, 5.74) is 1.49. The predicted octanol–water partition coefficient (Wildman–Crippen LogP) is 4.12. The normalized spacial score (nSPS) is 11.4. The molecule has 0 spiro atoms. The highest BCUT2D eigenvalue weighted by molar-refractivity contribution is 7.14. The third-order valence-electron chi connectivity index (χ3n) is 2.87. The predicted molar refractivity (Wildman–Crippen MR) is 88.8 cm³/mol. The summed E-state index contributed by atoms with van der Waals surface area (Å²) in [5.74, 6) is 0.0737. The van der Waals surface area contributed by atoms with E-state index in [4.69, 9.17) is 4.74 Å². The van der Waals surface area contributed by atoms with Gasteiger partial charge in [-0.3, -0.25) is 10.1 Å². The summed E-state index contributed by atoms with van der Waals surface area (Å²) in [7, 11) is 0. The van der Waals surface area contributed by atoms with E-state index >= 15 is 0 Å². The van der Waals surface area contributed by atoms with Gasteiger partial charge in [0.15, 0.2) is 5.13 Å². The van der Waals surface area contributed by atoms with Crippen molar-refractivity contribution in [1.82, 2.24) is 4.98 Å². The number of anilines is 1. The number of halogens is 3. The minimum atomic E-state index is -4.46. The van der Waals surface area contributed by atoms with Crippen molar-refractivity contribution in [3.63, 3.8) is 0 Å². The van der Waals surface area contributed by atoms with Crippen molar-refractivity contribution >= 4 is 22.4 Å². The third kappa shape index (κ3) is 6.71. The highest BCUT2D eigenvalue weighted by Crippen LogP contribution is 2.26. The Bertz CT molecular complexity index is 687. The van der Waals surface area contributed by atoms with Gasteiger partial charge < -0.3 is 9.47 Å². The van der Waals surface area contributed by atoms with Crippen LogP contribution >= 0.6 is 11.3 Å². The van der Waals surface area contributed by atoms with Crippen molar-refractivity contribution in [2.45, 2.75) is 19.5 Å². The van der Waals surface area contributed by atoms with Crippen molar-refractivity contribution in [3.05, 3.63) is 29.6 Å². The molecule has 1 amide bonds. The molecule has 0 aliphatic rings. The summed E-state index contributed by atoms with van der Waals surface area (Å²) in [6.07, 6.45) is -3.54. The van der Waals surface area contributed by atoms with Crippen LogP contribution in [0.15, 0.2) is 29.6 Å².